The molecule has 0 amide bonds. The van der Waals surface area contributed by atoms with Crippen molar-refractivity contribution in [3.63, 3.8) is 0 Å². The van der Waals surface area contributed by atoms with Gasteiger partial charge in [-0.2, -0.15) is 0 Å². The average molecular weight is 456 g/mol. The van der Waals surface area contributed by atoms with Gasteiger partial charge in [0.25, 0.3) is 0 Å². The number of ketones is 1. The van der Waals surface area contributed by atoms with E-state index in [0.29, 0.717) is 33.9 Å². The summed E-state index contributed by atoms with van der Waals surface area (Å²) < 4.78 is 0. The van der Waals surface area contributed by atoms with Crippen molar-refractivity contribution in [3.05, 3.63) is 83.4 Å². The maximum Gasteiger partial charge on any atom is 0.198 e. The summed E-state index contributed by atoms with van der Waals surface area (Å²) in [6.07, 6.45) is 1.63. The Labute approximate surface area is 198 Å². The van der Waals surface area contributed by atoms with Crippen LogP contribution in [0.25, 0.3) is 10.9 Å². The van der Waals surface area contributed by atoms with Gasteiger partial charge in [-0.15, -0.1) is 0 Å². The van der Waals surface area contributed by atoms with Crippen molar-refractivity contribution in [1.82, 2.24) is 9.88 Å². The molecule has 0 radical (unpaired) electrons. The van der Waals surface area contributed by atoms with Gasteiger partial charge in [-0.1, -0.05) is 24.3 Å². The number of nitrogens with two attached hydrogens (primary N) is 1. The van der Waals surface area contributed by atoms with E-state index in [1.54, 1.807) is 42.6 Å². The number of hydrogen-bond donors (Lipinski definition) is 4. The number of aliphatic imine (C=N–C) groups is 1. The Balaban J connectivity index is 1.52. The number of hydrogen-bond acceptors (Lipinski definition) is 6. The van der Waals surface area contributed by atoms with Crippen LogP contribution in [-0.4, -0.2) is 53.7 Å². The molecule has 0 aliphatic heterocycles. The Morgan fingerprint density at radius 1 is 1.12 bits per heavy atom. The molecule has 0 saturated heterocycles. The van der Waals surface area contributed by atoms with Crippen molar-refractivity contribution < 1.29 is 9.90 Å². The molecule has 7 nitrogen and oxygen atoms in total. The van der Waals surface area contributed by atoms with Crippen LogP contribution in [0.15, 0.2) is 71.7 Å². The molecule has 174 valence electrons. The lowest BCUT2D eigenvalue weighted by Crippen LogP contribution is -2.29. The maximum atomic E-state index is 12.8. The van der Waals surface area contributed by atoms with Gasteiger partial charge in [-0.25, -0.2) is 0 Å². The van der Waals surface area contributed by atoms with Gasteiger partial charge >= 0.3 is 0 Å². The standard InChI is InChI=1S/C27H29N5O2/c1-17(16-32(2)3)30-22-10-8-21(9-11-22)29-15-24-23-12-7-19(14-25(23)31-27(24)34)26(33)18-5-4-6-20(28)13-18/h4-15,17,30-31,34H,16,28H2,1-3H3. The first kappa shape index (κ1) is 23.1. The number of anilines is 2. The van der Waals surface area contributed by atoms with Crippen LogP contribution in [0.1, 0.15) is 28.4 Å². The second-order valence-corrected chi connectivity index (χ2v) is 8.71. The third-order valence-corrected chi connectivity index (χ3v) is 5.49. The van der Waals surface area contributed by atoms with E-state index in [2.05, 4.69) is 27.1 Å². The Kier molecular flexibility index (Phi) is 6.65. The average Bonchev–Trinajstić information content (AvgIpc) is 3.11. The van der Waals surface area contributed by atoms with Crippen molar-refractivity contribution in [2.45, 2.75) is 13.0 Å². The zero-order valence-corrected chi connectivity index (χ0v) is 19.5. The molecule has 34 heavy (non-hydrogen) atoms. The van der Waals surface area contributed by atoms with E-state index in [4.69, 9.17) is 5.73 Å². The molecule has 7 heteroatoms. The molecule has 4 rings (SSSR count). The first-order valence-corrected chi connectivity index (χ1v) is 11.1. The summed E-state index contributed by atoms with van der Waals surface area (Å²) in [5.41, 5.74) is 10.4. The van der Waals surface area contributed by atoms with Gasteiger partial charge in [0, 0.05) is 52.2 Å². The lowest BCUT2D eigenvalue weighted by Gasteiger charge is -2.19. The lowest BCUT2D eigenvalue weighted by atomic mass is 10.0. The third-order valence-electron chi connectivity index (χ3n) is 5.49. The van der Waals surface area contributed by atoms with Crippen LogP contribution in [0, 0.1) is 0 Å². The molecular formula is C27H29N5O2. The third kappa shape index (κ3) is 5.27. The molecule has 0 saturated carbocycles. The van der Waals surface area contributed by atoms with E-state index in [1.165, 1.54) is 0 Å². The van der Waals surface area contributed by atoms with Gasteiger partial charge in [0.05, 0.1) is 11.3 Å². The van der Waals surface area contributed by atoms with Crippen LogP contribution in [0.2, 0.25) is 0 Å². The number of carbonyl (C=O) groups is 1. The molecule has 0 bridgehead atoms. The first-order chi connectivity index (χ1) is 16.3. The number of carbonyl (C=O) groups excluding carboxylic acids is 1. The van der Waals surface area contributed by atoms with E-state index in [1.807, 2.05) is 44.4 Å². The number of aromatic nitrogens is 1. The number of H-pyrrole nitrogens is 1. The quantitative estimate of drug-likeness (QED) is 0.173. The molecule has 0 fully saturated rings. The van der Waals surface area contributed by atoms with Crippen molar-refractivity contribution in [2.75, 3.05) is 31.7 Å². The van der Waals surface area contributed by atoms with Gasteiger partial charge in [-0.3, -0.25) is 9.79 Å². The lowest BCUT2D eigenvalue weighted by molar-refractivity contribution is 0.103. The number of nitrogens with one attached hydrogen (secondary N) is 2. The number of aromatic hydroxyl groups is 1. The highest BCUT2D eigenvalue weighted by molar-refractivity contribution is 6.12. The predicted molar refractivity (Wildman–Crippen MR) is 140 cm³/mol. The Morgan fingerprint density at radius 3 is 2.56 bits per heavy atom. The minimum atomic E-state index is -0.132. The van der Waals surface area contributed by atoms with E-state index in [-0.39, 0.29) is 11.7 Å². The molecule has 5 N–H and O–H groups in total. The Morgan fingerprint density at radius 2 is 1.85 bits per heavy atom. The predicted octanol–water partition coefficient (Wildman–Crippen LogP) is 4.80. The summed E-state index contributed by atoms with van der Waals surface area (Å²) in [5, 5.41) is 14.7. The summed E-state index contributed by atoms with van der Waals surface area (Å²) in [7, 11) is 4.10. The van der Waals surface area contributed by atoms with Crippen LogP contribution < -0.4 is 11.1 Å². The molecule has 4 aromatic rings. The highest BCUT2D eigenvalue weighted by Gasteiger charge is 2.14. The normalized spacial score (nSPS) is 12.5. The van der Waals surface area contributed by atoms with E-state index in [9.17, 15) is 9.90 Å². The number of fused-ring (bicyclic) bond motifs is 1. The number of benzene rings is 3. The fourth-order valence-electron chi connectivity index (χ4n) is 3.98. The second kappa shape index (κ2) is 9.80. The Hall–Kier alpha value is -4.10. The summed E-state index contributed by atoms with van der Waals surface area (Å²) in [5.74, 6) is -0.129. The summed E-state index contributed by atoms with van der Waals surface area (Å²) >= 11 is 0. The topological polar surface area (TPSA) is 107 Å². The molecule has 1 aromatic heterocycles. The van der Waals surface area contributed by atoms with Gasteiger partial charge in [0.15, 0.2) is 11.7 Å². The van der Waals surface area contributed by atoms with Crippen LogP contribution in [0.4, 0.5) is 17.1 Å². The van der Waals surface area contributed by atoms with Gasteiger partial charge in [0.1, 0.15) is 0 Å². The van der Waals surface area contributed by atoms with Crippen LogP contribution in [0.3, 0.4) is 0 Å². The van der Waals surface area contributed by atoms with Crippen LogP contribution in [-0.2, 0) is 0 Å². The van der Waals surface area contributed by atoms with Gasteiger partial charge in [0.2, 0.25) is 0 Å². The van der Waals surface area contributed by atoms with Gasteiger partial charge < -0.3 is 26.0 Å². The fourth-order valence-corrected chi connectivity index (χ4v) is 3.98. The van der Waals surface area contributed by atoms with E-state index < -0.39 is 0 Å². The fraction of sp³-hybridized carbons (Fsp3) is 0.185. The molecule has 1 unspecified atom stereocenters. The number of nitrogen functional groups attached to an aromatic ring is 1. The van der Waals surface area contributed by atoms with E-state index >= 15 is 0 Å². The summed E-state index contributed by atoms with van der Waals surface area (Å²) in [6.45, 7) is 3.08. The van der Waals surface area contributed by atoms with E-state index in [0.717, 1.165) is 23.3 Å². The molecule has 0 aliphatic carbocycles. The van der Waals surface area contributed by atoms with Gasteiger partial charge in [-0.05, 0) is 63.5 Å². The SMILES string of the molecule is CC(CN(C)C)Nc1ccc(N=Cc2c(O)[nH]c3cc(C(=O)c4cccc(N)c4)ccc23)cc1. The molecular weight excluding hydrogens is 426 g/mol. The molecule has 0 spiro atoms. The summed E-state index contributed by atoms with van der Waals surface area (Å²) in [6, 6.07) is 20.3. The van der Waals surface area contributed by atoms with Crippen molar-refractivity contribution in [2.24, 2.45) is 4.99 Å². The minimum Gasteiger partial charge on any atom is -0.494 e. The van der Waals surface area contributed by atoms with Crippen LogP contribution >= 0.6 is 0 Å². The summed E-state index contributed by atoms with van der Waals surface area (Å²) in [4.78, 5) is 22.4. The number of likely N-dealkylation sites (N-methyl/N-ethyl adjacent to an activating group) is 1. The second-order valence-electron chi connectivity index (χ2n) is 8.71. The first-order valence-electron chi connectivity index (χ1n) is 11.1. The molecule has 3 aromatic carbocycles. The smallest absolute Gasteiger partial charge is 0.198 e. The Bertz CT molecular complexity index is 1340. The highest BCUT2D eigenvalue weighted by Crippen LogP contribution is 2.28. The molecule has 1 heterocycles. The minimum absolute atomic E-state index is 0.00287. The van der Waals surface area contributed by atoms with Crippen molar-refractivity contribution >= 4 is 40.0 Å². The maximum absolute atomic E-state index is 12.8. The zero-order chi connectivity index (χ0) is 24.2. The van der Waals surface area contributed by atoms with Crippen molar-refractivity contribution in [1.29, 1.82) is 0 Å². The largest absolute Gasteiger partial charge is 0.494 e. The van der Waals surface area contributed by atoms with Crippen LogP contribution in [0.5, 0.6) is 5.88 Å². The molecule has 1 atom stereocenters. The zero-order valence-electron chi connectivity index (χ0n) is 19.5. The monoisotopic (exact) mass is 455 g/mol. The number of nitrogens with zero attached hydrogens (tertiary/aromatic N) is 2. The number of aromatic amines is 1. The van der Waals surface area contributed by atoms with Crippen molar-refractivity contribution in [3.8, 4) is 5.88 Å². The molecule has 0 aliphatic rings. The highest BCUT2D eigenvalue weighted by atomic mass is 16.3. The number of rotatable bonds is 8.